The molecule has 1 aromatic heterocycles. The highest BCUT2D eigenvalue weighted by Crippen LogP contribution is 2.34. The standard InChI is InChI=1S/C22H26FN3O3S/c1-3-10-25(22(28)24-4-2)14-21(27)26-11-8-20-18(9-12-30-20)19(26)15-29-17-7-5-6-16(23)13-17/h3,5-7,9,12-13,19H,1,4,8,10-11,14-15H2,2H3,(H,24,28). The van der Waals surface area contributed by atoms with Gasteiger partial charge in [0.05, 0.1) is 6.04 Å². The van der Waals surface area contributed by atoms with Crippen molar-refractivity contribution in [3.05, 3.63) is 64.6 Å². The third-order valence-corrected chi connectivity index (χ3v) is 5.91. The van der Waals surface area contributed by atoms with E-state index >= 15 is 0 Å². The van der Waals surface area contributed by atoms with E-state index < -0.39 is 0 Å². The summed E-state index contributed by atoms with van der Waals surface area (Å²) in [5, 5.41) is 4.73. The summed E-state index contributed by atoms with van der Waals surface area (Å²) in [6.07, 6.45) is 2.36. The molecule has 1 aromatic carbocycles. The molecule has 3 amide bonds. The molecule has 2 aromatic rings. The third-order valence-electron chi connectivity index (χ3n) is 4.91. The first kappa shape index (κ1) is 21.8. The van der Waals surface area contributed by atoms with Gasteiger partial charge >= 0.3 is 6.03 Å². The molecule has 1 aliphatic heterocycles. The van der Waals surface area contributed by atoms with Crippen LogP contribution in [-0.2, 0) is 11.2 Å². The summed E-state index contributed by atoms with van der Waals surface area (Å²) >= 11 is 1.66. The molecule has 1 N–H and O–H groups in total. The summed E-state index contributed by atoms with van der Waals surface area (Å²) in [6, 6.07) is 7.37. The maximum absolute atomic E-state index is 13.5. The quantitative estimate of drug-likeness (QED) is 0.650. The minimum Gasteiger partial charge on any atom is -0.491 e. The van der Waals surface area contributed by atoms with Crippen LogP contribution in [-0.4, -0.2) is 54.5 Å². The van der Waals surface area contributed by atoms with Gasteiger partial charge in [-0.3, -0.25) is 4.79 Å². The topological polar surface area (TPSA) is 61.9 Å². The van der Waals surface area contributed by atoms with E-state index in [1.54, 1.807) is 34.4 Å². The Morgan fingerprint density at radius 3 is 3.00 bits per heavy atom. The van der Waals surface area contributed by atoms with Crippen molar-refractivity contribution in [1.82, 2.24) is 15.1 Å². The number of ether oxygens (including phenoxy) is 1. The molecule has 30 heavy (non-hydrogen) atoms. The molecular formula is C22H26FN3O3S. The molecule has 3 rings (SSSR count). The molecule has 0 saturated carbocycles. The number of hydrogen-bond donors (Lipinski definition) is 1. The van der Waals surface area contributed by atoms with Gasteiger partial charge in [-0.1, -0.05) is 12.1 Å². The number of thiophene rings is 1. The smallest absolute Gasteiger partial charge is 0.318 e. The second kappa shape index (κ2) is 10.2. The first-order valence-corrected chi connectivity index (χ1v) is 10.8. The molecule has 0 aliphatic carbocycles. The van der Waals surface area contributed by atoms with E-state index in [0.29, 0.717) is 18.8 Å². The van der Waals surface area contributed by atoms with Crippen LogP contribution in [0.15, 0.2) is 48.4 Å². The number of carbonyl (C=O) groups excluding carboxylic acids is 2. The number of amides is 3. The summed E-state index contributed by atoms with van der Waals surface area (Å²) in [6.45, 7) is 6.96. The molecule has 8 heteroatoms. The van der Waals surface area contributed by atoms with E-state index in [9.17, 15) is 14.0 Å². The first-order valence-electron chi connectivity index (χ1n) is 9.91. The second-order valence-electron chi connectivity index (χ2n) is 6.93. The monoisotopic (exact) mass is 431 g/mol. The fourth-order valence-corrected chi connectivity index (χ4v) is 4.43. The van der Waals surface area contributed by atoms with Gasteiger partial charge in [0, 0.05) is 30.6 Å². The number of halogens is 1. The van der Waals surface area contributed by atoms with Crippen LogP contribution in [0.1, 0.15) is 23.4 Å². The number of hydrogen-bond acceptors (Lipinski definition) is 4. The van der Waals surface area contributed by atoms with Crippen molar-refractivity contribution in [1.29, 1.82) is 0 Å². The second-order valence-corrected chi connectivity index (χ2v) is 7.93. The van der Waals surface area contributed by atoms with Crippen LogP contribution in [0.2, 0.25) is 0 Å². The fourth-order valence-electron chi connectivity index (χ4n) is 3.50. The lowest BCUT2D eigenvalue weighted by molar-refractivity contribution is -0.135. The molecular weight excluding hydrogens is 405 g/mol. The van der Waals surface area contributed by atoms with Crippen molar-refractivity contribution in [3.8, 4) is 5.75 Å². The lowest BCUT2D eigenvalue weighted by Crippen LogP contribution is -2.49. The van der Waals surface area contributed by atoms with Gasteiger partial charge in [-0.2, -0.15) is 0 Å². The Kier molecular flexibility index (Phi) is 7.46. The maximum Gasteiger partial charge on any atom is 0.318 e. The SMILES string of the molecule is C=CCN(CC(=O)N1CCc2sccc2C1COc1cccc(F)c1)C(=O)NCC. The Hall–Kier alpha value is -2.87. The molecule has 6 nitrogen and oxygen atoms in total. The number of benzene rings is 1. The lowest BCUT2D eigenvalue weighted by atomic mass is 10.0. The van der Waals surface area contributed by atoms with E-state index in [-0.39, 0.29) is 43.5 Å². The molecule has 0 saturated heterocycles. The number of rotatable bonds is 8. The number of nitrogens with one attached hydrogen (secondary N) is 1. The molecule has 1 unspecified atom stereocenters. The van der Waals surface area contributed by atoms with Gasteiger partial charge in [0.15, 0.2) is 0 Å². The van der Waals surface area contributed by atoms with Crippen LogP contribution in [0.3, 0.4) is 0 Å². The summed E-state index contributed by atoms with van der Waals surface area (Å²) in [7, 11) is 0. The van der Waals surface area contributed by atoms with Crippen LogP contribution in [0.25, 0.3) is 0 Å². The number of fused-ring (bicyclic) bond motifs is 1. The molecule has 0 spiro atoms. The van der Waals surface area contributed by atoms with Crippen LogP contribution in [0.5, 0.6) is 5.75 Å². The Bertz CT molecular complexity index is 901. The molecule has 1 aliphatic rings. The highest BCUT2D eigenvalue weighted by atomic mass is 32.1. The largest absolute Gasteiger partial charge is 0.491 e. The minimum absolute atomic E-state index is 0.0478. The minimum atomic E-state index is -0.373. The number of nitrogens with zero attached hydrogens (tertiary/aromatic N) is 2. The van der Waals surface area contributed by atoms with Crippen molar-refractivity contribution in [2.45, 2.75) is 19.4 Å². The zero-order valence-corrected chi connectivity index (χ0v) is 17.8. The highest BCUT2D eigenvalue weighted by molar-refractivity contribution is 7.10. The number of urea groups is 1. The van der Waals surface area contributed by atoms with Crippen molar-refractivity contribution >= 4 is 23.3 Å². The first-order chi connectivity index (χ1) is 14.5. The van der Waals surface area contributed by atoms with Crippen molar-refractivity contribution in [3.63, 3.8) is 0 Å². The zero-order chi connectivity index (χ0) is 21.5. The van der Waals surface area contributed by atoms with Crippen LogP contribution >= 0.6 is 11.3 Å². The van der Waals surface area contributed by atoms with Crippen molar-refractivity contribution in [2.24, 2.45) is 0 Å². The van der Waals surface area contributed by atoms with Gasteiger partial charge in [0.25, 0.3) is 0 Å². The summed E-state index contributed by atoms with van der Waals surface area (Å²) in [5.41, 5.74) is 1.05. The molecule has 0 bridgehead atoms. The molecule has 160 valence electrons. The predicted octanol–water partition coefficient (Wildman–Crippen LogP) is 3.61. The van der Waals surface area contributed by atoms with Gasteiger partial charge in [-0.15, -0.1) is 17.9 Å². The normalized spacial score (nSPS) is 15.3. The van der Waals surface area contributed by atoms with Gasteiger partial charge in [0.1, 0.15) is 24.7 Å². The Balaban J connectivity index is 1.76. The van der Waals surface area contributed by atoms with E-state index in [4.69, 9.17) is 4.74 Å². The maximum atomic E-state index is 13.5. The highest BCUT2D eigenvalue weighted by Gasteiger charge is 2.33. The number of carbonyl (C=O) groups is 2. The van der Waals surface area contributed by atoms with Crippen LogP contribution in [0.4, 0.5) is 9.18 Å². The Morgan fingerprint density at radius 1 is 1.43 bits per heavy atom. The van der Waals surface area contributed by atoms with E-state index in [1.165, 1.54) is 21.9 Å². The fraction of sp³-hybridized carbons (Fsp3) is 0.364. The van der Waals surface area contributed by atoms with Crippen molar-refractivity contribution < 1.29 is 18.7 Å². The molecule has 0 radical (unpaired) electrons. The van der Waals surface area contributed by atoms with Crippen LogP contribution in [0, 0.1) is 5.82 Å². The van der Waals surface area contributed by atoms with E-state index in [2.05, 4.69) is 11.9 Å². The summed E-state index contributed by atoms with van der Waals surface area (Å²) in [4.78, 5) is 29.8. The summed E-state index contributed by atoms with van der Waals surface area (Å²) < 4.78 is 19.3. The lowest BCUT2D eigenvalue weighted by Gasteiger charge is -2.37. The molecule has 1 atom stereocenters. The molecule has 0 fully saturated rings. The average molecular weight is 432 g/mol. The van der Waals surface area contributed by atoms with E-state index in [0.717, 1.165) is 12.0 Å². The Labute approximate surface area is 179 Å². The van der Waals surface area contributed by atoms with Crippen LogP contribution < -0.4 is 10.1 Å². The average Bonchev–Trinajstić information content (AvgIpc) is 3.21. The Morgan fingerprint density at radius 2 is 2.27 bits per heavy atom. The van der Waals surface area contributed by atoms with E-state index in [1.807, 2.05) is 18.4 Å². The summed E-state index contributed by atoms with van der Waals surface area (Å²) in [5.74, 6) is -0.115. The molecule has 2 heterocycles. The van der Waals surface area contributed by atoms with Gasteiger partial charge in [-0.25, -0.2) is 9.18 Å². The van der Waals surface area contributed by atoms with Gasteiger partial charge < -0.3 is 19.9 Å². The van der Waals surface area contributed by atoms with Gasteiger partial charge in [-0.05, 0) is 42.5 Å². The van der Waals surface area contributed by atoms with Crippen molar-refractivity contribution in [2.75, 3.05) is 32.8 Å². The predicted molar refractivity (Wildman–Crippen MR) is 115 cm³/mol. The third kappa shape index (κ3) is 5.18. The van der Waals surface area contributed by atoms with Gasteiger partial charge in [0.2, 0.25) is 5.91 Å². The zero-order valence-electron chi connectivity index (χ0n) is 17.0.